The average molecular weight is 454 g/mol. The van der Waals surface area contributed by atoms with Crippen LogP contribution in [-0.4, -0.2) is 16.1 Å². The minimum Gasteiger partial charge on any atom is -0.506 e. The van der Waals surface area contributed by atoms with Gasteiger partial charge in [0.1, 0.15) is 5.75 Å². The van der Waals surface area contributed by atoms with Gasteiger partial charge in [0, 0.05) is 3.57 Å². The van der Waals surface area contributed by atoms with Crippen molar-refractivity contribution in [1.82, 2.24) is 5.32 Å². The molecule has 0 radical (unpaired) electrons. The minimum atomic E-state index is -0.282. The Kier molecular flexibility index (Phi) is 6.56. The lowest BCUT2D eigenvalue weighted by Crippen LogP contribution is -2.34. The summed E-state index contributed by atoms with van der Waals surface area (Å²) in [5.41, 5.74) is 2.14. The van der Waals surface area contributed by atoms with Gasteiger partial charge in [-0.1, -0.05) is 32.0 Å². The van der Waals surface area contributed by atoms with Gasteiger partial charge >= 0.3 is 0 Å². The van der Waals surface area contributed by atoms with E-state index >= 15 is 0 Å². The predicted octanol–water partition coefficient (Wildman–Crippen LogP) is 4.64. The van der Waals surface area contributed by atoms with Crippen LogP contribution < -0.4 is 10.6 Å². The smallest absolute Gasteiger partial charge is 0.258 e. The SMILES string of the molecule is CCC(C)c1ccc(O)c(NC(=S)NC(=O)c2ccccc2I)c1. The number of carbonyl (C=O) groups excluding carboxylic acids is 1. The summed E-state index contributed by atoms with van der Waals surface area (Å²) in [5, 5.41) is 15.7. The van der Waals surface area contributed by atoms with E-state index in [1.807, 2.05) is 24.3 Å². The fourth-order valence-electron chi connectivity index (χ4n) is 2.17. The van der Waals surface area contributed by atoms with Crippen molar-refractivity contribution in [3.63, 3.8) is 0 Å². The molecule has 0 aliphatic carbocycles. The van der Waals surface area contributed by atoms with Gasteiger partial charge in [0.2, 0.25) is 0 Å². The molecule has 0 bridgehead atoms. The molecular formula is C18H19IN2O2S. The maximum Gasteiger partial charge on any atom is 0.258 e. The molecule has 2 aromatic rings. The van der Waals surface area contributed by atoms with E-state index in [9.17, 15) is 9.90 Å². The number of anilines is 1. The highest BCUT2D eigenvalue weighted by atomic mass is 127. The lowest BCUT2D eigenvalue weighted by Gasteiger charge is -2.15. The van der Waals surface area contributed by atoms with E-state index in [1.54, 1.807) is 18.2 Å². The number of benzene rings is 2. The van der Waals surface area contributed by atoms with Crippen LogP contribution in [0.2, 0.25) is 0 Å². The van der Waals surface area contributed by atoms with Gasteiger partial charge in [-0.2, -0.15) is 0 Å². The van der Waals surface area contributed by atoms with Crippen LogP contribution in [0.5, 0.6) is 5.75 Å². The third-order valence-corrected chi connectivity index (χ3v) is 4.94. The molecule has 0 aromatic heterocycles. The first kappa shape index (κ1) is 18.7. The number of carbonyl (C=O) groups is 1. The first-order valence-electron chi connectivity index (χ1n) is 7.62. The fraction of sp³-hybridized carbons (Fsp3) is 0.222. The van der Waals surface area contributed by atoms with E-state index in [0.717, 1.165) is 15.6 Å². The van der Waals surface area contributed by atoms with Crippen LogP contribution in [0.1, 0.15) is 42.1 Å². The minimum absolute atomic E-state index is 0.0907. The summed E-state index contributed by atoms with van der Waals surface area (Å²) in [7, 11) is 0. The summed E-state index contributed by atoms with van der Waals surface area (Å²) in [6, 6.07) is 12.6. The second-order valence-electron chi connectivity index (χ2n) is 5.47. The van der Waals surface area contributed by atoms with Crippen molar-refractivity contribution in [2.45, 2.75) is 26.2 Å². The molecule has 4 nitrogen and oxygen atoms in total. The Balaban J connectivity index is 2.10. The molecule has 0 aliphatic heterocycles. The number of hydrogen-bond donors (Lipinski definition) is 3. The second kappa shape index (κ2) is 8.43. The molecule has 3 N–H and O–H groups in total. The van der Waals surface area contributed by atoms with Gasteiger partial charge in [-0.25, -0.2) is 0 Å². The van der Waals surface area contributed by atoms with Crippen molar-refractivity contribution in [2.24, 2.45) is 0 Å². The van der Waals surface area contributed by atoms with Crippen molar-refractivity contribution in [3.8, 4) is 5.75 Å². The van der Waals surface area contributed by atoms with E-state index in [1.165, 1.54) is 0 Å². The zero-order chi connectivity index (χ0) is 17.7. The zero-order valence-electron chi connectivity index (χ0n) is 13.5. The number of aromatic hydroxyl groups is 1. The fourth-order valence-corrected chi connectivity index (χ4v) is 3.00. The first-order chi connectivity index (χ1) is 11.4. The Morgan fingerprint density at radius 3 is 2.67 bits per heavy atom. The summed E-state index contributed by atoms with van der Waals surface area (Å²) in [6.45, 7) is 4.23. The molecule has 1 atom stereocenters. The van der Waals surface area contributed by atoms with Crippen molar-refractivity contribution in [3.05, 3.63) is 57.2 Å². The molecule has 0 fully saturated rings. The normalized spacial score (nSPS) is 11.6. The molecule has 6 heteroatoms. The molecule has 1 unspecified atom stereocenters. The Hall–Kier alpha value is -1.67. The van der Waals surface area contributed by atoms with Crippen LogP contribution in [0.15, 0.2) is 42.5 Å². The molecule has 1 amide bonds. The van der Waals surface area contributed by atoms with Crippen LogP contribution in [-0.2, 0) is 0 Å². The van der Waals surface area contributed by atoms with Crippen LogP contribution >= 0.6 is 34.8 Å². The molecule has 2 rings (SSSR count). The van der Waals surface area contributed by atoms with Gasteiger partial charge in [0.15, 0.2) is 5.11 Å². The highest BCUT2D eigenvalue weighted by Gasteiger charge is 2.13. The van der Waals surface area contributed by atoms with Gasteiger partial charge in [0.05, 0.1) is 11.3 Å². The summed E-state index contributed by atoms with van der Waals surface area (Å²) in [6.07, 6.45) is 0.998. The molecule has 0 heterocycles. The number of halogens is 1. The molecule has 0 aliphatic rings. The van der Waals surface area contributed by atoms with E-state index < -0.39 is 0 Å². The van der Waals surface area contributed by atoms with Crippen LogP contribution in [0.25, 0.3) is 0 Å². The standard InChI is InChI=1S/C18H19IN2O2S/c1-3-11(2)12-8-9-16(22)15(10-12)20-18(24)21-17(23)13-6-4-5-7-14(13)19/h4-11,22H,3H2,1-2H3,(H2,20,21,23,24). The highest BCUT2D eigenvalue weighted by Crippen LogP contribution is 2.29. The van der Waals surface area contributed by atoms with Gasteiger partial charge in [-0.3, -0.25) is 10.1 Å². The number of amides is 1. The second-order valence-corrected chi connectivity index (χ2v) is 7.04. The Bertz CT molecular complexity index is 764. The van der Waals surface area contributed by atoms with E-state index in [4.69, 9.17) is 12.2 Å². The maximum atomic E-state index is 12.3. The lowest BCUT2D eigenvalue weighted by molar-refractivity contribution is 0.0977. The van der Waals surface area contributed by atoms with Crippen LogP contribution in [0.4, 0.5) is 5.69 Å². The van der Waals surface area contributed by atoms with Crippen LogP contribution in [0, 0.1) is 3.57 Å². The molecule has 24 heavy (non-hydrogen) atoms. The van der Waals surface area contributed by atoms with E-state index in [0.29, 0.717) is 17.2 Å². The zero-order valence-corrected chi connectivity index (χ0v) is 16.4. The summed E-state index contributed by atoms with van der Waals surface area (Å²) < 4.78 is 0.844. The van der Waals surface area contributed by atoms with Gasteiger partial charge in [-0.15, -0.1) is 0 Å². The summed E-state index contributed by atoms with van der Waals surface area (Å²) in [4.78, 5) is 12.3. The topological polar surface area (TPSA) is 61.4 Å². The third-order valence-electron chi connectivity index (χ3n) is 3.80. The Morgan fingerprint density at radius 1 is 1.29 bits per heavy atom. The lowest BCUT2D eigenvalue weighted by atomic mass is 9.98. The van der Waals surface area contributed by atoms with Gasteiger partial charge in [-0.05, 0) is 77.0 Å². The van der Waals surface area contributed by atoms with Gasteiger partial charge < -0.3 is 10.4 Å². The number of nitrogens with one attached hydrogen (secondary N) is 2. The summed E-state index contributed by atoms with van der Waals surface area (Å²) in [5.74, 6) is 0.184. The van der Waals surface area contributed by atoms with Crippen molar-refractivity contribution in [1.29, 1.82) is 0 Å². The van der Waals surface area contributed by atoms with Crippen molar-refractivity contribution >= 4 is 51.5 Å². The summed E-state index contributed by atoms with van der Waals surface area (Å²) >= 11 is 7.30. The van der Waals surface area contributed by atoms with Crippen molar-refractivity contribution in [2.75, 3.05) is 5.32 Å². The van der Waals surface area contributed by atoms with Gasteiger partial charge in [0.25, 0.3) is 5.91 Å². The molecule has 0 spiro atoms. The quantitative estimate of drug-likeness (QED) is 0.358. The molecule has 0 saturated heterocycles. The number of hydrogen-bond acceptors (Lipinski definition) is 3. The van der Waals surface area contributed by atoms with E-state index in [2.05, 4.69) is 47.1 Å². The Labute approximate surface area is 160 Å². The molecule has 126 valence electrons. The number of thiocarbonyl (C=S) groups is 1. The average Bonchev–Trinajstić information content (AvgIpc) is 2.56. The first-order valence-corrected chi connectivity index (χ1v) is 9.10. The predicted molar refractivity (Wildman–Crippen MR) is 110 cm³/mol. The number of phenolic OH excluding ortho intramolecular Hbond substituents is 1. The Morgan fingerprint density at radius 2 is 2.00 bits per heavy atom. The molecule has 2 aromatic carbocycles. The number of phenols is 1. The highest BCUT2D eigenvalue weighted by molar-refractivity contribution is 14.1. The third kappa shape index (κ3) is 4.67. The monoisotopic (exact) mass is 454 g/mol. The van der Waals surface area contributed by atoms with E-state index in [-0.39, 0.29) is 16.8 Å². The van der Waals surface area contributed by atoms with Crippen molar-refractivity contribution < 1.29 is 9.90 Å². The van der Waals surface area contributed by atoms with Crippen LogP contribution in [0.3, 0.4) is 0 Å². The molecule has 0 saturated carbocycles. The number of rotatable bonds is 4. The largest absolute Gasteiger partial charge is 0.506 e. The molecular weight excluding hydrogens is 435 g/mol. The maximum absolute atomic E-state index is 12.3.